The van der Waals surface area contributed by atoms with Gasteiger partial charge in [-0.3, -0.25) is 4.90 Å². The van der Waals surface area contributed by atoms with E-state index < -0.39 is 0 Å². The molecule has 0 amide bonds. The lowest BCUT2D eigenvalue weighted by atomic mass is 10.2. The quantitative estimate of drug-likeness (QED) is 0.702. The molecular formula is C11H15NO. The van der Waals surface area contributed by atoms with Gasteiger partial charge in [0.15, 0.2) is 0 Å². The van der Waals surface area contributed by atoms with E-state index in [1.54, 1.807) is 0 Å². The number of benzene rings is 1. The van der Waals surface area contributed by atoms with E-state index in [9.17, 15) is 0 Å². The van der Waals surface area contributed by atoms with E-state index in [4.69, 9.17) is 5.11 Å². The molecule has 0 bridgehead atoms. The van der Waals surface area contributed by atoms with Crippen LogP contribution < -0.4 is 0 Å². The average molecular weight is 177 g/mol. The smallest absolute Gasteiger partial charge is 0.0602 e. The SMILES string of the molecule is C[C@@H]1[C@@H](CO)N1Cc1ccccc1. The number of aliphatic hydroxyl groups excluding tert-OH is 1. The Hall–Kier alpha value is -0.860. The van der Waals surface area contributed by atoms with Crippen molar-refractivity contribution in [3.63, 3.8) is 0 Å². The van der Waals surface area contributed by atoms with Crippen LogP contribution in [0.2, 0.25) is 0 Å². The molecule has 2 heteroatoms. The van der Waals surface area contributed by atoms with Crippen molar-refractivity contribution in [2.75, 3.05) is 6.61 Å². The van der Waals surface area contributed by atoms with Gasteiger partial charge >= 0.3 is 0 Å². The van der Waals surface area contributed by atoms with Crippen molar-refractivity contribution in [2.45, 2.75) is 25.6 Å². The first kappa shape index (κ1) is 8.73. The first-order chi connectivity index (χ1) is 6.33. The van der Waals surface area contributed by atoms with E-state index in [0.29, 0.717) is 12.1 Å². The van der Waals surface area contributed by atoms with Crippen LogP contribution in [-0.2, 0) is 6.54 Å². The van der Waals surface area contributed by atoms with Crippen LogP contribution in [0.25, 0.3) is 0 Å². The molecule has 13 heavy (non-hydrogen) atoms. The van der Waals surface area contributed by atoms with Crippen LogP contribution in [-0.4, -0.2) is 28.7 Å². The standard InChI is InChI=1S/C11H15NO/c1-9-11(8-13)12(9)7-10-5-3-2-4-6-10/h2-6,9,11,13H,7-8H2,1H3/t9-,11-,12?/m1/s1. The lowest BCUT2D eigenvalue weighted by Gasteiger charge is -2.02. The van der Waals surface area contributed by atoms with E-state index in [1.165, 1.54) is 5.56 Å². The maximum atomic E-state index is 8.98. The van der Waals surface area contributed by atoms with E-state index in [0.717, 1.165) is 6.54 Å². The van der Waals surface area contributed by atoms with Crippen molar-refractivity contribution in [3.8, 4) is 0 Å². The third kappa shape index (κ3) is 1.74. The highest BCUT2D eigenvalue weighted by atomic mass is 16.3. The fourth-order valence-corrected chi connectivity index (χ4v) is 1.79. The highest BCUT2D eigenvalue weighted by Crippen LogP contribution is 2.29. The molecule has 3 atom stereocenters. The van der Waals surface area contributed by atoms with E-state index in [2.05, 4.69) is 36.1 Å². The minimum Gasteiger partial charge on any atom is -0.395 e. The minimum atomic E-state index is 0.286. The highest BCUT2D eigenvalue weighted by Gasteiger charge is 2.42. The Morgan fingerprint density at radius 1 is 1.31 bits per heavy atom. The van der Waals surface area contributed by atoms with Gasteiger partial charge < -0.3 is 5.11 Å². The van der Waals surface area contributed by atoms with Crippen LogP contribution in [0.5, 0.6) is 0 Å². The zero-order valence-electron chi connectivity index (χ0n) is 7.85. The van der Waals surface area contributed by atoms with Gasteiger partial charge in [0, 0.05) is 18.6 Å². The first-order valence-electron chi connectivity index (χ1n) is 4.73. The van der Waals surface area contributed by atoms with Gasteiger partial charge in [-0.15, -0.1) is 0 Å². The molecule has 1 aromatic carbocycles. The molecule has 2 nitrogen and oxygen atoms in total. The molecule has 1 aliphatic heterocycles. The fraction of sp³-hybridized carbons (Fsp3) is 0.455. The van der Waals surface area contributed by atoms with Crippen LogP contribution >= 0.6 is 0 Å². The summed E-state index contributed by atoms with van der Waals surface area (Å²) >= 11 is 0. The van der Waals surface area contributed by atoms with Crippen LogP contribution in [0.4, 0.5) is 0 Å². The molecule has 1 N–H and O–H groups in total. The van der Waals surface area contributed by atoms with Gasteiger partial charge in [0.1, 0.15) is 0 Å². The monoisotopic (exact) mass is 177 g/mol. The number of aliphatic hydroxyl groups is 1. The highest BCUT2D eigenvalue weighted by molar-refractivity contribution is 5.16. The van der Waals surface area contributed by atoms with Crippen molar-refractivity contribution in [1.29, 1.82) is 0 Å². The molecule has 1 saturated heterocycles. The summed E-state index contributed by atoms with van der Waals surface area (Å²) in [6, 6.07) is 11.3. The zero-order chi connectivity index (χ0) is 9.26. The molecule has 0 radical (unpaired) electrons. The molecule has 0 saturated carbocycles. The van der Waals surface area contributed by atoms with Crippen LogP contribution in [0.15, 0.2) is 30.3 Å². The predicted molar refractivity (Wildman–Crippen MR) is 52.3 cm³/mol. The number of nitrogens with zero attached hydrogens (tertiary/aromatic N) is 1. The second-order valence-electron chi connectivity index (χ2n) is 3.65. The molecule has 1 fully saturated rings. The van der Waals surface area contributed by atoms with E-state index in [1.807, 2.05) is 6.07 Å². The molecule has 0 aromatic heterocycles. The number of rotatable bonds is 3. The second kappa shape index (κ2) is 3.48. The summed E-state index contributed by atoms with van der Waals surface area (Å²) in [6.07, 6.45) is 0. The summed E-state index contributed by atoms with van der Waals surface area (Å²) in [6.45, 7) is 3.41. The lowest BCUT2D eigenvalue weighted by Crippen LogP contribution is -2.04. The molecular weight excluding hydrogens is 162 g/mol. The van der Waals surface area contributed by atoms with Crippen LogP contribution in [0.3, 0.4) is 0 Å². The van der Waals surface area contributed by atoms with Gasteiger partial charge in [-0.25, -0.2) is 0 Å². The second-order valence-corrected chi connectivity index (χ2v) is 3.65. The fourth-order valence-electron chi connectivity index (χ4n) is 1.79. The summed E-state index contributed by atoms with van der Waals surface area (Å²) in [4.78, 5) is 2.30. The normalized spacial score (nSPS) is 31.7. The molecule has 0 aliphatic carbocycles. The predicted octanol–water partition coefficient (Wildman–Crippen LogP) is 1.25. The topological polar surface area (TPSA) is 23.2 Å². The Bertz CT molecular complexity index is 273. The molecule has 0 spiro atoms. The van der Waals surface area contributed by atoms with Crippen LogP contribution in [0, 0.1) is 0 Å². The Balaban J connectivity index is 1.94. The van der Waals surface area contributed by atoms with E-state index >= 15 is 0 Å². The molecule has 2 rings (SSSR count). The van der Waals surface area contributed by atoms with Crippen molar-refractivity contribution in [2.24, 2.45) is 0 Å². The molecule has 1 aromatic rings. The number of hydrogen-bond acceptors (Lipinski definition) is 2. The average Bonchev–Trinajstić information content (AvgIpc) is 2.78. The van der Waals surface area contributed by atoms with Gasteiger partial charge in [0.2, 0.25) is 0 Å². The van der Waals surface area contributed by atoms with E-state index in [-0.39, 0.29) is 6.61 Å². The Kier molecular flexibility index (Phi) is 2.34. The van der Waals surface area contributed by atoms with Gasteiger partial charge in [-0.05, 0) is 12.5 Å². The van der Waals surface area contributed by atoms with Crippen molar-refractivity contribution in [3.05, 3.63) is 35.9 Å². The third-order valence-electron chi connectivity index (χ3n) is 2.81. The Labute approximate surface area is 78.8 Å². The maximum Gasteiger partial charge on any atom is 0.0602 e. The van der Waals surface area contributed by atoms with Crippen molar-refractivity contribution in [1.82, 2.24) is 4.90 Å². The summed E-state index contributed by atoms with van der Waals surface area (Å²) in [5.41, 5.74) is 1.32. The first-order valence-corrected chi connectivity index (χ1v) is 4.73. The summed E-state index contributed by atoms with van der Waals surface area (Å²) < 4.78 is 0. The van der Waals surface area contributed by atoms with Gasteiger partial charge in [-0.2, -0.15) is 0 Å². The largest absolute Gasteiger partial charge is 0.395 e. The third-order valence-corrected chi connectivity index (χ3v) is 2.81. The van der Waals surface area contributed by atoms with Crippen molar-refractivity contribution < 1.29 is 5.11 Å². The van der Waals surface area contributed by atoms with Gasteiger partial charge in [-0.1, -0.05) is 30.3 Å². The minimum absolute atomic E-state index is 0.286. The lowest BCUT2D eigenvalue weighted by molar-refractivity contribution is 0.272. The Morgan fingerprint density at radius 3 is 2.54 bits per heavy atom. The van der Waals surface area contributed by atoms with Gasteiger partial charge in [0.05, 0.1) is 6.61 Å². The summed E-state index contributed by atoms with van der Waals surface area (Å²) in [5.74, 6) is 0. The van der Waals surface area contributed by atoms with Crippen molar-refractivity contribution >= 4 is 0 Å². The molecule has 1 unspecified atom stereocenters. The molecule has 1 aliphatic rings. The van der Waals surface area contributed by atoms with Gasteiger partial charge in [0.25, 0.3) is 0 Å². The maximum absolute atomic E-state index is 8.98. The molecule has 70 valence electrons. The zero-order valence-corrected chi connectivity index (χ0v) is 7.85. The molecule has 1 heterocycles. The summed E-state index contributed by atoms with van der Waals surface area (Å²) in [7, 11) is 0. The number of hydrogen-bond donors (Lipinski definition) is 1. The summed E-state index contributed by atoms with van der Waals surface area (Å²) in [5, 5.41) is 8.98. The Morgan fingerprint density at radius 2 is 2.00 bits per heavy atom. The van der Waals surface area contributed by atoms with Crippen LogP contribution in [0.1, 0.15) is 12.5 Å².